The van der Waals surface area contributed by atoms with Crippen LogP contribution in [0.25, 0.3) is 0 Å². The maximum atomic E-state index is 12.3. The highest BCUT2D eigenvalue weighted by Gasteiger charge is 2.40. The van der Waals surface area contributed by atoms with E-state index in [1.165, 1.54) is 6.20 Å². The molecule has 0 saturated carbocycles. The van der Waals surface area contributed by atoms with Crippen LogP contribution >= 0.6 is 11.3 Å². The van der Waals surface area contributed by atoms with Crippen LogP contribution in [0.2, 0.25) is 0 Å². The fraction of sp³-hybridized carbons (Fsp3) is 0.600. The Balaban J connectivity index is 2.33. The first-order valence-electron chi connectivity index (χ1n) is 5.66. The molecule has 1 aliphatic rings. The summed E-state index contributed by atoms with van der Waals surface area (Å²) in [5.74, 6) is -1.09. The predicted octanol–water partition coefficient (Wildman–Crippen LogP) is 0.943. The van der Waals surface area contributed by atoms with Gasteiger partial charge in [-0.2, -0.15) is 4.31 Å². The van der Waals surface area contributed by atoms with Crippen LogP contribution in [0.4, 0.5) is 0 Å². The van der Waals surface area contributed by atoms with Gasteiger partial charge in [0, 0.05) is 6.54 Å². The van der Waals surface area contributed by atoms with Gasteiger partial charge in [0.15, 0.2) is 4.21 Å². The van der Waals surface area contributed by atoms with Gasteiger partial charge in [0.05, 0.1) is 11.2 Å². The van der Waals surface area contributed by atoms with Crippen molar-refractivity contribution < 1.29 is 18.3 Å². The zero-order valence-corrected chi connectivity index (χ0v) is 11.5. The molecule has 0 bridgehead atoms. The standard InChI is InChI=1S/C10H14N2O4S2/c1-2-8-11-6-9(17-8)18(15,16)12-5-3-4-7(12)10(13)14/h6-7H,2-5H2,1H3,(H,13,14). The van der Waals surface area contributed by atoms with Crippen molar-refractivity contribution in [3.05, 3.63) is 11.2 Å². The fourth-order valence-corrected chi connectivity index (χ4v) is 4.87. The molecular weight excluding hydrogens is 276 g/mol. The van der Waals surface area contributed by atoms with E-state index in [0.29, 0.717) is 19.3 Å². The zero-order valence-electron chi connectivity index (χ0n) is 9.87. The van der Waals surface area contributed by atoms with Crippen molar-refractivity contribution in [3.63, 3.8) is 0 Å². The summed E-state index contributed by atoms with van der Waals surface area (Å²) in [7, 11) is -3.71. The highest BCUT2D eigenvalue weighted by Crippen LogP contribution is 2.29. The number of aryl methyl sites for hydroxylation is 1. The van der Waals surface area contributed by atoms with Gasteiger partial charge in [-0.15, -0.1) is 11.3 Å². The Bertz CT molecular complexity index is 552. The third-order valence-corrected chi connectivity index (χ3v) is 6.37. The number of carboxylic acids is 1. The van der Waals surface area contributed by atoms with E-state index in [-0.39, 0.29) is 10.8 Å². The van der Waals surface area contributed by atoms with Gasteiger partial charge in [0.25, 0.3) is 10.0 Å². The van der Waals surface area contributed by atoms with E-state index in [1.807, 2.05) is 6.92 Å². The lowest BCUT2D eigenvalue weighted by molar-refractivity contribution is -0.140. The average Bonchev–Trinajstić information content (AvgIpc) is 2.98. The molecule has 1 aliphatic heterocycles. The molecule has 1 aromatic rings. The van der Waals surface area contributed by atoms with E-state index < -0.39 is 22.0 Å². The van der Waals surface area contributed by atoms with Gasteiger partial charge in [-0.3, -0.25) is 4.79 Å². The van der Waals surface area contributed by atoms with E-state index >= 15 is 0 Å². The van der Waals surface area contributed by atoms with E-state index in [0.717, 1.165) is 20.6 Å². The number of hydrogen-bond acceptors (Lipinski definition) is 5. The van der Waals surface area contributed by atoms with Crippen LogP contribution in [-0.4, -0.2) is 41.4 Å². The molecule has 0 aliphatic carbocycles. The molecule has 0 amide bonds. The molecule has 0 spiro atoms. The van der Waals surface area contributed by atoms with Crippen LogP contribution in [0.1, 0.15) is 24.8 Å². The lowest BCUT2D eigenvalue weighted by Crippen LogP contribution is -2.40. The first-order valence-corrected chi connectivity index (χ1v) is 7.92. The Morgan fingerprint density at radius 1 is 1.67 bits per heavy atom. The molecule has 18 heavy (non-hydrogen) atoms. The van der Waals surface area contributed by atoms with Gasteiger partial charge in [-0.1, -0.05) is 6.92 Å². The molecule has 1 unspecified atom stereocenters. The van der Waals surface area contributed by atoms with Crippen molar-refractivity contribution in [2.75, 3.05) is 6.54 Å². The first kappa shape index (κ1) is 13.4. The molecule has 0 aromatic carbocycles. The quantitative estimate of drug-likeness (QED) is 0.891. The second-order valence-electron chi connectivity index (χ2n) is 4.04. The highest BCUT2D eigenvalue weighted by atomic mass is 32.2. The van der Waals surface area contributed by atoms with E-state index in [9.17, 15) is 13.2 Å². The molecule has 0 radical (unpaired) electrons. The third kappa shape index (κ3) is 2.27. The maximum absolute atomic E-state index is 12.3. The maximum Gasteiger partial charge on any atom is 0.322 e. The second-order valence-corrected chi connectivity index (χ2v) is 7.27. The van der Waals surface area contributed by atoms with Crippen LogP contribution in [0.15, 0.2) is 10.4 Å². The number of hydrogen-bond donors (Lipinski definition) is 1. The summed E-state index contributed by atoms with van der Waals surface area (Å²) < 4.78 is 25.8. The summed E-state index contributed by atoms with van der Waals surface area (Å²) in [6.45, 7) is 2.16. The van der Waals surface area contributed by atoms with Gasteiger partial charge >= 0.3 is 5.97 Å². The third-order valence-electron chi connectivity index (χ3n) is 2.89. The number of rotatable bonds is 4. The molecule has 1 fully saturated rings. The lowest BCUT2D eigenvalue weighted by Gasteiger charge is -2.19. The van der Waals surface area contributed by atoms with E-state index in [1.54, 1.807) is 0 Å². The van der Waals surface area contributed by atoms with Crippen LogP contribution < -0.4 is 0 Å². The number of nitrogens with zero attached hydrogens (tertiary/aromatic N) is 2. The molecule has 100 valence electrons. The van der Waals surface area contributed by atoms with Crippen LogP contribution in [0.5, 0.6) is 0 Å². The smallest absolute Gasteiger partial charge is 0.322 e. The van der Waals surface area contributed by atoms with Crippen molar-refractivity contribution >= 4 is 27.3 Å². The number of carbonyl (C=O) groups is 1. The Kier molecular flexibility index (Phi) is 3.69. The summed E-state index contributed by atoms with van der Waals surface area (Å²) >= 11 is 1.11. The monoisotopic (exact) mass is 290 g/mol. The molecule has 1 aromatic heterocycles. The summed E-state index contributed by atoms with van der Waals surface area (Å²) in [6, 6.07) is -0.942. The summed E-state index contributed by atoms with van der Waals surface area (Å²) in [4.78, 5) is 15.0. The van der Waals surface area contributed by atoms with Gasteiger partial charge in [0.2, 0.25) is 0 Å². The van der Waals surface area contributed by atoms with Crippen molar-refractivity contribution in [1.29, 1.82) is 0 Å². The summed E-state index contributed by atoms with van der Waals surface area (Å²) in [5.41, 5.74) is 0. The highest BCUT2D eigenvalue weighted by molar-refractivity contribution is 7.91. The molecular formula is C10H14N2O4S2. The number of carboxylic acid groups (broad SMARTS) is 1. The number of thiazole rings is 1. The molecule has 2 rings (SSSR count). The molecule has 6 nitrogen and oxygen atoms in total. The normalized spacial score (nSPS) is 21.3. The largest absolute Gasteiger partial charge is 0.480 e. The molecule has 2 heterocycles. The van der Waals surface area contributed by atoms with Crippen LogP contribution in [-0.2, 0) is 21.2 Å². The van der Waals surface area contributed by atoms with Crippen molar-refractivity contribution in [3.8, 4) is 0 Å². The van der Waals surface area contributed by atoms with Crippen LogP contribution in [0.3, 0.4) is 0 Å². The molecule has 1 saturated heterocycles. The minimum Gasteiger partial charge on any atom is -0.480 e. The minimum absolute atomic E-state index is 0.132. The predicted molar refractivity (Wildman–Crippen MR) is 66.0 cm³/mol. The van der Waals surface area contributed by atoms with Gasteiger partial charge in [-0.05, 0) is 19.3 Å². The number of sulfonamides is 1. The lowest BCUT2D eigenvalue weighted by atomic mass is 10.2. The van der Waals surface area contributed by atoms with Crippen molar-refractivity contribution in [1.82, 2.24) is 9.29 Å². The second kappa shape index (κ2) is 4.94. The summed E-state index contributed by atoms with van der Waals surface area (Å²) in [5, 5.41) is 9.76. The molecule has 1 N–H and O–H groups in total. The number of aliphatic carboxylic acids is 1. The van der Waals surface area contributed by atoms with Crippen LogP contribution in [0, 0.1) is 0 Å². The van der Waals surface area contributed by atoms with Gasteiger partial charge < -0.3 is 5.11 Å². The average molecular weight is 290 g/mol. The topological polar surface area (TPSA) is 87.6 Å². The van der Waals surface area contributed by atoms with Crippen molar-refractivity contribution in [2.45, 2.75) is 36.4 Å². The summed E-state index contributed by atoms with van der Waals surface area (Å²) in [6.07, 6.45) is 2.93. The van der Waals surface area contributed by atoms with Gasteiger partial charge in [0.1, 0.15) is 6.04 Å². The fourth-order valence-electron chi connectivity index (χ4n) is 1.97. The minimum atomic E-state index is -3.71. The Labute approximate surface area is 109 Å². The van der Waals surface area contributed by atoms with E-state index in [2.05, 4.69) is 4.98 Å². The number of aromatic nitrogens is 1. The van der Waals surface area contributed by atoms with Gasteiger partial charge in [-0.25, -0.2) is 13.4 Å². The molecule has 8 heteroatoms. The Morgan fingerprint density at radius 3 is 2.94 bits per heavy atom. The van der Waals surface area contributed by atoms with E-state index in [4.69, 9.17) is 5.11 Å². The SMILES string of the molecule is CCc1ncc(S(=O)(=O)N2CCCC2C(=O)O)s1. The zero-order chi connectivity index (χ0) is 13.3. The van der Waals surface area contributed by atoms with Crippen molar-refractivity contribution in [2.24, 2.45) is 0 Å². The molecule has 1 atom stereocenters. The first-order chi connectivity index (χ1) is 8.46. The Morgan fingerprint density at radius 2 is 2.39 bits per heavy atom. The Hall–Kier alpha value is -0.990.